The zero-order valence-electron chi connectivity index (χ0n) is 7.68. The van der Waals surface area contributed by atoms with Gasteiger partial charge in [-0.2, -0.15) is 0 Å². The van der Waals surface area contributed by atoms with Crippen molar-refractivity contribution in [3.63, 3.8) is 0 Å². The lowest BCUT2D eigenvalue weighted by atomic mass is 9.74. The molecular weight excluding hydrogens is 148 g/mol. The standard InChI is InChI=1S/C11H14O/c1-7-6-10(12)11(3)5-4-9(7)8(11)2/h6,9H,2,4-5H2,1,3H3/t9-,11-/m1/s1. The van der Waals surface area contributed by atoms with Gasteiger partial charge in [-0.1, -0.05) is 17.7 Å². The molecular formula is C11H14O. The maximum atomic E-state index is 11.7. The molecule has 0 aromatic rings. The molecule has 0 aromatic heterocycles. The first kappa shape index (κ1) is 7.78. The van der Waals surface area contributed by atoms with Gasteiger partial charge in [-0.15, -0.1) is 0 Å². The summed E-state index contributed by atoms with van der Waals surface area (Å²) in [6.45, 7) is 8.12. The van der Waals surface area contributed by atoms with E-state index >= 15 is 0 Å². The highest BCUT2D eigenvalue weighted by molar-refractivity contribution is 5.99. The first-order chi connectivity index (χ1) is 5.55. The summed E-state index contributed by atoms with van der Waals surface area (Å²) in [5, 5.41) is 0. The van der Waals surface area contributed by atoms with Crippen LogP contribution in [0.3, 0.4) is 0 Å². The summed E-state index contributed by atoms with van der Waals surface area (Å²) in [5.74, 6) is 0.756. The Morgan fingerprint density at radius 3 is 3.00 bits per heavy atom. The van der Waals surface area contributed by atoms with E-state index in [9.17, 15) is 4.79 Å². The highest BCUT2D eigenvalue weighted by Gasteiger charge is 2.46. The molecule has 2 atom stereocenters. The Labute approximate surface area is 73.2 Å². The van der Waals surface area contributed by atoms with Crippen molar-refractivity contribution in [2.45, 2.75) is 26.7 Å². The molecule has 0 spiro atoms. The molecule has 0 radical (unpaired) electrons. The smallest absolute Gasteiger partial charge is 0.165 e. The Balaban J connectivity index is 2.55. The number of ketones is 1. The van der Waals surface area contributed by atoms with E-state index in [2.05, 4.69) is 6.58 Å². The lowest BCUT2D eigenvalue weighted by Gasteiger charge is -2.28. The Kier molecular flexibility index (Phi) is 1.36. The molecule has 64 valence electrons. The molecule has 1 saturated carbocycles. The Bertz CT molecular complexity index is 298. The van der Waals surface area contributed by atoms with Gasteiger partial charge in [-0.25, -0.2) is 0 Å². The van der Waals surface area contributed by atoms with Gasteiger partial charge in [0.2, 0.25) is 0 Å². The van der Waals surface area contributed by atoms with E-state index in [4.69, 9.17) is 0 Å². The molecule has 0 saturated heterocycles. The van der Waals surface area contributed by atoms with Gasteiger partial charge < -0.3 is 0 Å². The quantitative estimate of drug-likeness (QED) is 0.500. The fourth-order valence-electron chi connectivity index (χ4n) is 2.40. The summed E-state index contributed by atoms with van der Waals surface area (Å²) >= 11 is 0. The first-order valence-corrected chi connectivity index (χ1v) is 4.47. The third kappa shape index (κ3) is 0.715. The normalized spacial score (nSPS) is 40.2. The SMILES string of the molecule is C=C1[C@@H]2CC[C@@]1(C)C(=O)C=C2C. The van der Waals surface area contributed by atoms with Crippen molar-refractivity contribution in [3.05, 3.63) is 23.8 Å². The van der Waals surface area contributed by atoms with Crippen molar-refractivity contribution in [3.8, 4) is 0 Å². The summed E-state index contributed by atoms with van der Waals surface area (Å²) in [4.78, 5) is 11.7. The number of allylic oxidation sites excluding steroid dienone is 3. The largest absolute Gasteiger partial charge is 0.294 e. The van der Waals surface area contributed by atoms with Gasteiger partial charge in [0.05, 0.1) is 5.41 Å². The summed E-state index contributed by atoms with van der Waals surface area (Å²) in [6, 6.07) is 0. The van der Waals surface area contributed by atoms with Crippen LogP contribution >= 0.6 is 0 Å². The van der Waals surface area contributed by atoms with Crippen molar-refractivity contribution in [1.29, 1.82) is 0 Å². The molecule has 2 aliphatic carbocycles. The third-order valence-electron chi connectivity index (χ3n) is 3.51. The van der Waals surface area contributed by atoms with E-state index in [0.717, 1.165) is 18.4 Å². The van der Waals surface area contributed by atoms with Gasteiger partial charge in [0, 0.05) is 5.92 Å². The van der Waals surface area contributed by atoms with Crippen molar-refractivity contribution in [2.24, 2.45) is 11.3 Å². The van der Waals surface area contributed by atoms with Crippen LogP contribution in [0.4, 0.5) is 0 Å². The van der Waals surface area contributed by atoms with Crippen LogP contribution in [0.25, 0.3) is 0 Å². The fraction of sp³-hybridized carbons (Fsp3) is 0.545. The van der Waals surface area contributed by atoms with Gasteiger partial charge in [-0.05, 0) is 32.8 Å². The number of fused-ring (bicyclic) bond motifs is 2. The number of carbonyl (C=O) groups is 1. The van der Waals surface area contributed by atoms with E-state index in [1.165, 1.54) is 5.57 Å². The summed E-state index contributed by atoms with van der Waals surface area (Å²) in [7, 11) is 0. The van der Waals surface area contributed by atoms with E-state index in [1.54, 1.807) is 0 Å². The van der Waals surface area contributed by atoms with E-state index in [1.807, 2.05) is 19.9 Å². The van der Waals surface area contributed by atoms with Crippen molar-refractivity contribution >= 4 is 5.78 Å². The van der Waals surface area contributed by atoms with Crippen molar-refractivity contribution in [1.82, 2.24) is 0 Å². The summed E-state index contributed by atoms with van der Waals surface area (Å²) in [6.07, 6.45) is 3.92. The molecule has 1 fully saturated rings. The first-order valence-electron chi connectivity index (χ1n) is 4.47. The van der Waals surface area contributed by atoms with Gasteiger partial charge in [0.1, 0.15) is 0 Å². The molecule has 1 nitrogen and oxygen atoms in total. The number of carbonyl (C=O) groups excluding carboxylic acids is 1. The highest BCUT2D eigenvalue weighted by Crippen LogP contribution is 2.52. The average Bonchev–Trinajstić information content (AvgIpc) is 2.23. The molecule has 0 aliphatic heterocycles. The minimum Gasteiger partial charge on any atom is -0.294 e. The molecule has 2 aliphatic rings. The Morgan fingerprint density at radius 2 is 2.33 bits per heavy atom. The van der Waals surface area contributed by atoms with Crippen LogP contribution < -0.4 is 0 Å². The van der Waals surface area contributed by atoms with Crippen LogP contribution in [0.5, 0.6) is 0 Å². The van der Waals surface area contributed by atoms with Crippen molar-refractivity contribution < 1.29 is 4.79 Å². The van der Waals surface area contributed by atoms with E-state index < -0.39 is 0 Å². The molecule has 12 heavy (non-hydrogen) atoms. The molecule has 1 heteroatoms. The highest BCUT2D eigenvalue weighted by atomic mass is 16.1. The summed E-state index contributed by atoms with van der Waals surface area (Å²) < 4.78 is 0. The maximum absolute atomic E-state index is 11.7. The second-order valence-electron chi connectivity index (χ2n) is 4.20. The lowest BCUT2D eigenvalue weighted by molar-refractivity contribution is -0.121. The van der Waals surface area contributed by atoms with E-state index in [-0.39, 0.29) is 11.2 Å². The van der Waals surface area contributed by atoms with Gasteiger partial charge >= 0.3 is 0 Å². The summed E-state index contributed by atoms with van der Waals surface area (Å²) in [5.41, 5.74) is 2.14. The molecule has 2 rings (SSSR count). The average molecular weight is 162 g/mol. The van der Waals surface area contributed by atoms with Crippen LogP contribution in [-0.2, 0) is 4.79 Å². The lowest BCUT2D eigenvalue weighted by Crippen LogP contribution is -2.28. The zero-order valence-corrected chi connectivity index (χ0v) is 7.68. The van der Waals surface area contributed by atoms with Crippen LogP contribution in [0.15, 0.2) is 23.8 Å². The minimum absolute atomic E-state index is 0.218. The molecule has 0 N–H and O–H groups in total. The predicted octanol–water partition coefficient (Wildman–Crippen LogP) is 2.49. The maximum Gasteiger partial charge on any atom is 0.165 e. The van der Waals surface area contributed by atoms with Gasteiger partial charge in [-0.3, -0.25) is 4.79 Å². The monoisotopic (exact) mass is 162 g/mol. The molecule has 0 amide bonds. The van der Waals surface area contributed by atoms with Gasteiger partial charge in [0.25, 0.3) is 0 Å². The van der Waals surface area contributed by atoms with Crippen LogP contribution in [0.1, 0.15) is 26.7 Å². The van der Waals surface area contributed by atoms with Crippen LogP contribution in [0, 0.1) is 11.3 Å². The predicted molar refractivity (Wildman–Crippen MR) is 48.7 cm³/mol. The molecule has 0 unspecified atom stereocenters. The van der Waals surface area contributed by atoms with Crippen LogP contribution in [0.2, 0.25) is 0 Å². The van der Waals surface area contributed by atoms with Gasteiger partial charge in [0.15, 0.2) is 5.78 Å². The van der Waals surface area contributed by atoms with Crippen LogP contribution in [-0.4, -0.2) is 5.78 Å². The number of hydrogen-bond donors (Lipinski definition) is 0. The fourth-order valence-corrected chi connectivity index (χ4v) is 2.40. The Hall–Kier alpha value is -0.850. The number of hydrogen-bond acceptors (Lipinski definition) is 1. The molecule has 2 bridgehead atoms. The number of rotatable bonds is 0. The molecule has 0 aromatic carbocycles. The minimum atomic E-state index is -0.218. The zero-order chi connectivity index (χ0) is 8.93. The van der Waals surface area contributed by atoms with Crippen molar-refractivity contribution in [2.75, 3.05) is 0 Å². The second kappa shape index (κ2) is 2.09. The third-order valence-corrected chi connectivity index (χ3v) is 3.51. The Morgan fingerprint density at radius 1 is 1.67 bits per heavy atom. The van der Waals surface area contributed by atoms with E-state index in [0.29, 0.717) is 5.92 Å². The topological polar surface area (TPSA) is 17.1 Å². The second-order valence-corrected chi connectivity index (χ2v) is 4.20. The molecule has 0 heterocycles.